The predicted octanol–water partition coefficient (Wildman–Crippen LogP) is 5.39. The highest BCUT2D eigenvalue weighted by molar-refractivity contribution is 5.82. The van der Waals surface area contributed by atoms with Crippen molar-refractivity contribution in [1.82, 2.24) is 9.55 Å². The van der Waals surface area contributed by atoms with Crippen LogP contribution in [0.25, 0.3) is 22.2 Å². The first-order valence-electron chi connectivity index (χ1n) is 9.82. The molecule has 28 heavy (non-hydrogen) atoms. The van der Waals surface area contributed by atoms with E-state index in [2.05, 4.69) is 29.2 Å². The van der Waals surface area contributed by atoms with Crippen LogP contribution >= 0.6 is 0 Å². The second-order valence-corrected chi connectivity index (χ2v) is 7.19. The fourth-order valence-corrected chi connectivity index (χ4v) is 3.73. The van der Waals surface area contributed by atoms with Crippen molar-refractivity contribution in [2.24, 2.45) is 0 Å². The first kappa shape index (κ1) is 18.2. The molecule has 0 fully saturated rings. The van der Waals surface area contributed by atoms with Gasteiger partial charge in [-0.05, 0) is 61.1 Å². The molecule has 0 aliphatic carbocycles. The van der Waals surface area contributed by atoms with Crippen molar-refractivity contribution in [2.45, 2.75) is 32.7 Å². The number of nitrogens with zero attached hydrogens (tertiary/aromatic N) is 2. The molecule has 2 aromatic carbocycles. The smallest absolute Gasteiger partial charge is 0.260 e. The van der Waals surface area contributed by atoms with E-state index in [-0.39, 0.29) is 5.56 Å². The van der Waals surface area contributed by atoms with Gasteiger partial charge in [0.15, 0.2) is 0 Å². The molecule has 0 amide bonds. The number of pyridine rings is 2. The molecule has 2 heterocycles. The minimum absolute atomic E-state index is 0.0419. The zero-order valence-corrected chi connectivity index (χ0v) is 16.1. The molecule has 0 radical (unpaired) electrons. The molecule has 3 nitrogen and oxygen atoms in total. The number of rotatable bonds is 6. The molecule has 0 aliphatic rings. The molecular weight excluding hydrogens is 344 g/mol. The molecule has 0 unspecified atom stereocenters. The third-order valence-corrected chi connectivity index (χ3v) is 5.22. The predicted molar refractivity (Wildman–Crippen MR) is 116 cm³/mol. The molecule has 0 saturated heterocycles. The van der Waals surface area contributed by atoms with Crippen LogP contribution in [-0.4, -0.2) is 9.55 Å². The van der Waals surface area contributed by atoms with E-state index in [1.165, 1.54) is 5.56 Å². The summed E-state index contributed by atoms with van der Waals surface area (Å²) in [6.07, 6.45) is 4.77. The van der Waals surface area contributed by atoms with Gasteiger partial charge in [0.1, 0.15) is 5.65 Å². The summed E-state index contributed by atoms with van der Waals surface area (Å²) in [7, 11) is 0. The largest absolute Gasteiger partial charge is 0.292 e. The Morgan fingerprint density at radius 2 is 1.64 bits per heavy atom. The maximum absolute atomic E-state index is 13.3. The van der Waals surface area contributed by atoms with E-state index >= 15 is 0 Å². The summed E-state index contributed by atoms with van der Waals surface area (Å²) in [5, 5.41) is 1.00. The Morgan fingerprint density at radius 1 is 0.857 bits per heavy atom. The Morgan fingerprint density at radius 3 is 2.46 bits per heavy atom. The van der Waals surface area contributed by atoms with Crippen LogP contribution < -0.4 is 5.56 Å². The topological polar surface area (TPSA) is 34.9 Å². The fourth-order valence-electron chi connectivity index (χ4n) is 3.73. The van der Waals surface area contributed by atoms with Gasteiger partial charge in [-0.1, -0.05) is 54.6 Å². The van der Waals surface area contributed by atoms with Crippen LogP contribution in [0.4, 0.5) is 0 Å². The lowest BCUT2D eigenvalue weighted by atomic mass is 10.0. The molecule has 0 bridgehead atoms. The molecule has 4 aromatic rings. The van der Waals surface area contributed by atoms with Crippen molar-refractivity contribution in [3.8, 4) is 11.1 Å². The molecule has 4 rings (SSSR count). The molecule has 3 heteroatoms. The van der Waals surface area contributed by atoms with Crippen molar-refractivity contribution in [1.29, 1.82) is 0 Å². The number of hydrogen-bond donors (Lipinski definition) is 0. The third-order valence-electron chi connectivity index (χ3n) is 5.22. The van der Waals surface area contributed by atoms with Gasteiger partial charge in [0.2, 0.25) is 0 Å². The highest BCUT2D eigenvalue weighted by Gasteiger charge is 2.13. The van der Waals surface area contributed by atoms with E-state index < -0.39 is 0 Å². The number of fused-ring (bicyclic) bond motifs is 1. The first-order valence-corrected chi connectivity index (χ1v) is 9.82. The van der Waals surface area contributed by atoms with E-state index in [1.54, 1.807) is 6.20 Å². The van der Waals surface area contributed by atoms with E-state index in [9.17, 15) is 4.79 Å². The highest BCUT2D eigenvalue weighted by atomic mass is 16.1. The van der Waals surface area contributed by atoms with Crippen LogP contribution in [0.5, 0.6) is 0 Å². The second-order valence-electron chi connectivity index (χ2n) is 7.19. The van der Waals surface area contributed by atoms with Crippen LogP contribution in [0.2, 0.25) is 0 Å². The van der Waals surface area contributed by atoms with Gasteiger partial charge in [-0.15, -0.1) is 0 Å². The minimum Gasteiger partial charge on any atom is -0.292 e. The van der Waals surface area contributed by atoms with E-state index in [4.69, 9.17) is 0 Å². The van der Waals surface area contributed by atoms with Gasteiger partial charge in [0.25, 0.3) is 5.56 Å². The summed E-state index contributed by atoms with van der Waals surface area (Å²) in [5.74, 6) is 0. The number of unbranched alkanes of at least 4 members (excludes halogenated alkanes) is 1. The molecular formula is C25H24N2O. The van der Waals surface area contributed by atoms with Crippen molar-refractivity contribution in [2.75, 3.05) is 0 Å². The zero-order valence-electron chi connectivity index (χ0n) is 16.1. The molecule has 2 aromatic heterocycles. The van der Waals surface area contributed by atoms with Crippen molar-refractivity contribution in [3.05, 3.63) is 100 Å². The zero-order chi connectivity index (χ0) is 19.3. The van der Waals surface area contributed by atoms with Gasteiger partial charge < -0.3 is 0 Å². The molecule has 0 spiro atoms. The Kier molecular flexibility index (Phi) is 5.34. The fraction of sp³-hybridized carbons (Fsp3) is 0.200. The summed E-state index contributed by atoms with van der Waals surface area (Å²) in [5.41, 5.74) is 5.01. The maximum atomic E-state index is 13.3. The van der Waals surface area contributed by atoms with Gasteiger partial charge >= 0.3 is 0 Å². The summed E-state index contributed by atoms with van der Waals surface area (Å²) < 4.78 is 1.85. The SMILES string of the molecule is Cc1ccccc1-c1cc2cccnc2n(CCCCc2ccccc2)c1=O. The Bertz CT molecular complexity index is 1150. The number of hydrogen-bond acceptors (Lipinski definition) is 2. The summed E-state index contributed by atoms with van der Waals surface area (Å²) >= 11 is 0. The lowest BCUT2D eigenvalue weighted by Gasteiger charge is -2.13. The molecule has 0 saturated carbocycles. The van der Waals surface area contributed by atoms with Crippen LogP contribution in [0.3, 0.4) is 0 Å². The first-order chi connectivity index (χ1) is 13.7. The average Bonchev–Trinajstić information content (AvgIpc) is 2.73. The summed E-state index contributed by atoms with van der Waals surface area (Å²) in [6.45, 7) is 2.73. The minimum atomic E-state index is 0.0419. The van der Waals surface area contributed by atoms with Crippen molar-refractivity contribution in [3.63, 3.8) is 0 Å². The Labute approximate surface area is 165 Å². The van der Waals surface area contributed by atoms with Gasteiger partial charge in [0, 0.05) is 23.7 Å². The normalized spacial score (nSPS) is 11.0. The van der Waals surface area contributed by atoms with Gasteiger partial charge in [-0.2, -0.15) is 0 Å². The third kappa shape index (κ3) is 3.74. The van der Waals surface area contributed by atoms with Crippen LogP contribution in [0, 0.1) is 6.92 Å². The van der Waals surface area contributed by atoms with Crippen molar-refractivity contribution < 1.29 is 0 Å². The molecule has 140 valence electrons. The Balaban J connectivity index is 1.66. The van der Waals surface area contributed by atoms with Crippen molar-refractivity contribution >= 4 is 11.0 Å². The van der Waals surface area contributed by atoms with E-state index in [0.717, 1.165) is 47.0 Å². The van der Waals surface area contributed by atoms with E-state index in [1.807, 2.05) is 60.0 Å². The number of benzene rings is 2. The van der Waals surface area contributed by atoms with Gasteiger partial charge in [0.05, 0.1) is 0 Å². The highest BCUT2D eigenvalue weighted by Crippen LogP contribution is 2.23. The second kappa shape index (κ2) is 8.22. The summed E-state index contributed by atoms with van der Waals surface area (Å²) in [4.78, 5) is 17.8. The standard InChI is InChI=1S/C25H24N2O/c1-19-10-5-6-15-22(19)23-18-21-14-9-16-26-24(21)27(25(23)28)17-8-7-13-20-11-3-2-4-12-20/h2-6,9-12,14-16,18H,7-8,13,17H2,1H3. The number of aromatic nitrogens is 2. The quantitative estimate of drug-likeness (QED) is 0.427. The monoisotopic (exact) mass is 368 g/mol. The van der Waals surface area contributed by atoms with Gasteiger partial charge in [-0.25, -0.2) is 4.98 Å². The molecule has 0 aliphatic heterocycles. The number of aryl methyl sites for hydroxylation is 3. The summed E-state index contributed by atoms with van der Waals surface area (Å²) in [6, 6.07) is 24.5. The maximum Gasteiger partial charge on any atom is 0.260 e. The lowest BCUT2D eigenvalue weighted by Crippen LogP contribution is -2.23. The van der Waals surface area contributed by atoms with Gasteiger partial charge in [-0.3, -0.25) is 9.36 Å². The Hall–Kier alpha value is -3.20. The van der Waals surface area contributed by atoms with Crippen LogP contribution in [0.15, 0.2) is 83.8 Å². The lowest BCUT2D eigenvalue weighted by molar-refractivity contribution is 0.606. The molecule has 0 atom stereocenters. The van der Waals surface area contributed by atoms with E-state index in [0.29, 0.717) is 6.54 Å². The average molecular weight is 368 g/mol. The molecule has 0 N–H and O–H groups in total. The van der Waals surface area contributed by atoms with Crippen LogP contribution in [-0.2, 0) is 13.0 Å². The van der Waals surface area contributed by atoms with Crippen LogP contribution in [0.1, 0.15) is 24.0 Å².